The average Bonchev–Trinajstić information content (AvgIpc) is 2.43. The number of benzene rings is 1. The van der Waals surface area contributed by atoms with E-state index in [2.05, 4.69) is 5.32 Å². The number of para-hydroxylation sites is 1. The molecule has 4 nitrogen and oxygen atoms in total. The van der Waals surface area contributed by atoms with E-state index in [4.69, 9.17) is 0 Å². The Labute approximate surface area is 124 Å². The van der Waals surface area contributed by atoms with Gasteiger partial charge in [0.15, 0.2) is 0 Å². The summed E-state index contributed by atoms with van der Waals surface area (Å²) in [6.07, 6.45) is 0.966. The fourth-order valence-corrected chi connectivity index (χ4v) is 2.77. The molecule has 4 heteroatoms. The predicted molar refractivity (Wildman–Crippen MR) is 82.0 cm³/mol. The molecule has 0 aliphatic heterocycles. The Morgan fingerprint density at radius 2 is 1.62 bits per heavy atom. The average molecular weight is 287 g/mol. The SMILES string of the molecule is CC1=C(C)C[C@H](C(=O)Nc2ccccc2C)[C@@H](C(=O)O)C1. The number of carbonyl (C=O) groups excluding carboxylic acids is 1. The van der Waals surface area contributed by atoms with Gasteiger partial charge in [-0.05, 0) is 45.2 Å². The van der Waals surface area contributed by atoms with Crippen molar-refractivity contribution in [3.63, 3.8) is 0 Å². The number of aliphatic carboxylic acids is 1. The van der Waals surface area contributed by atoms with Crippen LogP contribution in [0.4, 0.5) is 5.69 Å². The first kappa shape index (κ1) is 15.3. The molecule has 0 unspecified atom stereocenters. The van der Waals surface area contributed by atoms with Gasteiger partial charge in [-0.3, -0.25) is 9.59 Å². The van der Waals surface area contributed by atoms with Crippen molar-refractivity contribution in [3.05, 3.63) is 41.0 Å². The Hall–Kier alpha value is -2.10. The molecule has 0 saturated carbocycles. The molecule has 1 amide bonds. The molecule has 0 fully saturated rings. The van der Waals surface area contributed by atoms with Crippen LogP contribution in [0.1, 0.15) is 32.3 Å². The molecule has 112 valence electrons. The highest BCUT2D eigenvalue weighted by molar-refractivity contribution is 5.96. The fourth-order valence-electron chi connectivity index (χ4n) is 2.77. The van der Waals surface area contributed by atoms with Crippen LogP contribution in [0.15, 0.2) is 35.4 Å². The van der Waals surface area contributed by atoms with Gasteiger partial charge >= 0.3 is 5.97 Å². The Bertz CT molecular complexity index is 604. The number of carbonyl (C=O) groups is 2. The molecule has 2 atom stereocenters. The maximum Gasteiger partial charge on any atom is 0.307 e. The number of carboxylic acid groups (broad SMARTS) is 1. The summed E-state index contributed by atoms with van der Waals surface area (Å²) < 4.78 is 0. The first-order valence-corrected chi connectivity index (χ1v) is 7.14. The van der Waals surface area contributed by atoms with E-state index in [0.29, 0.717) is 12.8 Å². The standard InChI is InChI=1S/C17H21NO3/c1-10-6-4-5-7-15(10)18-16(19)13-8-11(2)12(3)9-14(13)17(20)21/h4-7,13-14H,8-9H2,1-3H3,(H,18,19)(H,20,21)/t13-,14-/m0/s1. The lowest BCUT2D eigenvalue weighted by Gasteiger charge is -2.29. The molecule has 0 bridgehead atoms. The van der Waals surface area contributed by atoms with Crippen LogP contribution >= 0.6 is 0 Å². The van der Waals surface area contributed by atoms with Crippen LogP contribution in [0.2, 0.25) is 0 Å². The predicted octanol–water partition coefficient (Wildman–Crippen LogP) is 3.38. The summed E-state index contributed by atoms with van der Waals surface area (Å²) in [6, 6.07) is 7.51. The highest BCUT2D eigenvalue weighted by atomic mass is 16.4. The van der Waals surface area contributed by atoms with Gasteiger partial charge in [-0.2, -0.15) is 0 Å². The molecule has 0 radical (unpaired) electrons. The summed E-state index contributed by atoms with van der Waals surface area (Å²) in [6.45, 7) is 5.84. The van der Waals surface area contributed by atoms with Crippen LogP contribution < -0.4 is 5.32 Å². The monoisotopic (exact) mass is 287 g/mol. The van der Waals surface area contributed by atoms with Crippen LogP contribution in [0.5, 0.6) is 0 Å². The molecule has 2 N–H and O–H groups in total. The number of nitrogens with one attached hydrogen (secondary N) is 1. The Morgan fingerprint density at radius 1 is 1.05 bits per heavy atom. The van der Waals surface area contributed by atoms with Crippen LogP contribution in [0.3, 0.4) is 0 Å². The number of rotatable bonds is 3. The van der Waals surface area contributed by atoms with Gasteiger partial charge in [0.05, 0.1) is 11.8 Å². The lowest BCUT2D eigenvalue weighted by Crippen LogP contribution is -2.36. The van der Waals surface area contributed by atoms with Gasteiger partial charge in [0.25, 0.3) is 0 Å². The number of allylic oxidation sites excluding steroid dienone is 2. The highest BCUT2D eigenvalue weighted by Crippen LogP contribution is 2.35. The third-order valence-corrected chi connectivity index (χ3v) is 4.32. The van der Waals surface area contributed by atoms with Crippen molar-refractivity contribution in [2.45, 2.75) is 33.6 Å². The number of amides is 1. The van der Waals surface area contributed by atoms with E-state index in [1.807, 2.05) is 45.0 Å². The fraction of sp³-hybridized carbons (Fsp3) is 0.412. The second-order valence-electron chi connectivity index (χ2n) is 5.82. The third-order valence-electron chi connectivity index (χ3n) is 4.32. The second-order valence-corrected chi connectivity index (χ2v) is 5.82. The summed E-state index contributed by atoms with van der Waals surface area (Å²) in [5.74, 6) is -2.25. The van der Waals surface area contributed by atoms with E-state index in [0.717, 1.165) is 22.4 Å². The summed E-state index contributed by atoms with van der Waals surface area (Å²) in [7, 11) is 0. The number of hydrogen-bond donors (Lipinski definition) is 2. The zero-order valence-electron chi connectivity index (χ0n) is 12.6. The lowest BCUT2D eigenvalue weighted by molar-refractivity contribution is -0.146. The van der Waals surface area contributed by atoms with Crippen molar-refractivity contribution in [1.29, 1.82) is 0 Å². The van der Waals surface area contributed by atoms with Crippen molar-refractivity contribution in [1.82, 2.24) is 0 Å². The molecule has 0 spiro atoms. The molecule has 1 aliphatic carbocycles. The van der Waals surface area contributed by atoms with Crippen LogP contribution in [-0.4, -0.2) is 17.0 Å². The molecular weight excluding hydrogens is 266 g/mol. The van der Waals surface area contributed by atoms with Gasteiger partial charge in [0.1, 0.15) is 0 Å². The third kappa shape index (κ3) is 3.32. The number of anilines is 1. The summed E-state index contributed by atoms with van der Waals surface area (Å²) in [5, 5.41) is 12.3. The van der Waals surface area contributed by atoms with Crippen LogP contribution in [-0.2, 0) is 9.59 Å². The van der Waals surface area contributed by atoms with E-state index >= 15 is 0 Å². The Kier molecular flexibility index (Phi) is 4.46. The minimum Gasteiger partial charge on any atom is -0.481 e. The number of hydrogen-bond acceptors (Lipinski definition) is 2. The van der Waals surface area contributed by atoms with Gasteiger partial charge in [-0.15, -0.1) is 0 Å². The highest BCUT2D eigenvalue weighted by Gasteiger charge is 2.37. The van der Waals surface area contributed by atoms with Crippen LogP contribution in [0.25, 0.3) is 0 Å². The minimum absolute atomic E-state index is 0.205. The molecule has 0 saturated heterocycles. The van der Waals surface area contributed by atoms with Crippen molar-refractivity contribution in [2.75, 3.05) is 5.32 Å². The number of aryl methyl sites for hydroxylation is 1. The van der Waals surface area contributed by atoms with Crippen molar-refractivity contribution < 1.29 is 14.7 Å². The molecular formula is C17H21NO3. The van der Waals surface area contributed by atoms with Crippen LogP contribution in [0, 0.1) is 18.8 Å². The van der Waals surface area contributed by atoms with E-state index in [-0.39, 0.29) is 5.91 Å². The quantitative estimate of drug-likeness (QED) is 0.837. The number of carboxylic acids is 1. The Morgan fingerprint density at radius 3 is 2.19 bits per heavy atom. The summed E-state index contributed by atoms with van der Waals surface area (Å²) in [4.78, 5) is 23.9. The second kappa shape index (κ2) is 6.12. The molecule has 0 heterocycles. The van der Waals surface area contributed by atoms with E-state index in [1.54, 1.807) is 0 Å². The topological polar surface area (TPSA) is 66.4 Å². The van der Waals surface area contributed by atoms with Gasteiger partial charge in [-0.1, -0.05) is 29.3 Å². The first-order valence-electron chi connectivity index (χ1n) is 7.14. The van der Waals surface area contributed by atoms with Crippen molar-refractivity contribution >= 4 is 17.6 Å². The zero-order chi connectivity index (χ0) is 15.6. The van der Waals surface area contributed by atoms with Crippen molar-refractivity contribution in [3.8, 4) is 0 Å². The zero-order valence-corrected chi connectivity index (χ0v) is 12.6. The summed E-state index contributed by atoms with van der Waals surface area (Å²) in [5.41, 5.74) is 3.92. The normalized spacial score (nSPS) is 22.0. The maximum atomic E-state index is 12.5. The van der Waals surface area contributed by atoms with Gasteiger partial charge in [0.2, 0.25) is 5.91 Å². The smallest absolute Gasteiger partial charge is 0.307 e. The lowest BCUT2D eigenvalue weighted by atomic mass is 9.76. The first-order chi connectivity index (χ1) is 9.90. The molecule has 0 aromatic heterocycles. The van der Waals surface area contributed by atoms with E-state index < -0.39 is 17.8 Å². The van der Waals surface area contributed by atoms with Gasteiger partial charge < -0.3 is 10.4 Å². The van der Waals surface area contributed by atoms with Crippen molar-refractivity contribution in [2.24, 2.45) is 11.8 Å². The minimum atomic E-state index is -0.896. The Balaban J connectivity index is 2.21. The summed E-state index contributed by atoms with van der Waals surface area (Å²) >= 11 is 0. The molecule has 1 aromatic rings. The molecule has 1 aromatic carbocycles. The molecule has 2 rings (SSSR count). The molecule has 21 heavy (non-hydrogen) atoms. The molecule has 1 aliphatic rings. The van der Waals surface area contributed by atoms with Gasteiger partial charge in [-0.25, -0.2) is 0 Å². The van der Waals surface area contributed by atoms with Gasteiger partial charge in [0, 0.05) is 5.69 Å². The largest absolute Gasteiger partial charge is 0.481 e. The van der Waals surface area contributed by atoms with E-state index in [9.17, 15) is 14.7 Å². The maximum absolute atomic E-state index is 12.5. The van der Waals surface area contributed by atoms with E-state index in [1.165, 1.54) is 0 Å².